The molecule has 4 heterocycles. The highest BCUT2D eigenvalue weighted by Crippen LogP contribution is 2.28. The molecule has 1 unspecified atom stereocenters. The molecule has 1 atom stereocenters. The van der Waals surface area contributed by atoms with E-state index < -0.39 is 0 Å². The quantitative estimate of drug-likeness (QED) is 0.808. The molecule has 9 nitrogen and oxygen atoms in total. The van der Waals surface area contributed by atoms with E-state index in [0.29, 0.717) is 11.5 Å². The average molecular weight is 383 g/mol. The number of nitrogens with two attached hydrogens (primary N) is 1. The molecule has 10 heteroatoms. The maximum atomic E-state index is 13.5. The van der Waals surface area contributed by atoms with Gasteiger partial charge in [0.2, 0.25) is 5.96 Å². The lowest BCUT2D eigenvalue weighted by Crippen LogP contribution is -2.50. The monoisotopic (exact) mass is 383 g/mol. The second-order valence-corrected chi connectivity index (χ2v) is 7.17. The number of aromatic nitrogens is 3. The molecule has 0 bridgehead atoms. The molecule has 0 amide bonds. The molecule has 1 aromatic carbocycles. The van der Waals surface area contributed by atoms with Crippen LogP contribution in [-0.2, 0) is 19.5 Å². The zero-order chi connectivity index (χ0) is 19.3. The lowest BCUT2D eigenvalue weighted by molar-refractivity contribution is 0.202. The molecular weight excluding hydrogens is 361 g/mol. The topological polar surface area (TPSA) is 100.0 Å². The summed E-state index contributed by atoms with van der Waals surface area (Å²) in [5, 5.41) is 10.3. The minimum Gasteiger partial charge on any atom is -0.368 e. The Kier molecular flexibility index (Phi) is 4.09. The Morgan fingerprint density at radius 2 is 2.18 bits per heavy atom. The van der Waals surface area contributed by atoms with Crippen LogP contribution in [0.5, 0.6) is 0 Å². The molecule has 146 valence electrons. The predicted octanol–water partition coefficient (Wildman–Crippen LogP) is 0.738. The summed E-state index contributed by atoms with van der Waals surface area (Å²) in [5.41, 5.74) is 10.6. The van der Waals surface area contributed by atoms with Crippen molar-refractivity contribution in [2.24, 2.45) is 15.7 Å². The number of benzene rings is 1. The largest absolute Gasteiger partial charge is 0.368 e. The van der Waals surface area contributed by atoms with Gasteiger partial charge in [0.15, 0.2) is 5.84 Å². The van der Waals surface area contributed by atoms with Crippen molar-refractivity contribution in [2.45, 2.75) is 39.0 Å². The Labute approximate surface area is 161 Å². The van der Waals surface area contributed by atoms with E-state index in [1.807, 2.05) is 0 Å². The summed E-state index contributed by atoms with van der Waals surface area (Å²) in [4.78, 5) is 11.4. The van der Waals surface area contributed by atoms with Crippen molar-refractivity contribution in [3.05, 3.63) is 41.2 Å². The Bertz CT molecular complexity index is 979. The van der Waals surface area contributed by atoms with E-state index in [0.717, 1.165) is 56.2 Å². The van der Waals surface area contributed by atoms with Gasteiger partial charge in [-0.25, -0.2) is 24.8 Å². The van der Waals surface area contributed by atoms with Crippen LogP contribution in [0.3, 0.4) is 0 Å². The van der Waals surface area contributed by atoms with Gasteiger partial charge in [-0.3, -0.25) is 4.90 Å². The van der Waals surface area contributed by atoms with Gasteiger partial charge in [0, 0.05) is 37.7 Å². The molecule has 0 radical (unpaired) electrons. The summed E-state index contributed by atoms with van der Waals surface area (Å²) in [6, 6.07) is 4.49. The molecule has 0 saturated carbocycles. The Morgan fingerprint density at radius 3 is 3.04 bits per heavy atom. The fourth-order valence-electron chi connectivity index (χ4n) is 3.92. The molecule has 3 aliphatic heterocycles. The van der Waals surface area contributed by atoms with Crippen LogP contribution in [0.15, 0.2) is 28.2 Å². The summed E-state index contributed by atoms with van der Waals surface area (Å²) < 4.78 is 15.7. The molecular formula is C18H22FN9. The second-order valence-electron chi connectivity index (χ2n) is 7.17. The number of nitrogens with zero attached hydrogens (tertiary/aromatic N) is 7. The first-order valence-electron chi connectivity index (χ1n) is 9.54. The van der Waals surface area contributed by atoms with Crippen LogP contribution in [0.2, 0.25) is 0 Å². The average Bonchev–Trinajstić information content (AvgIpc) is 3.30. The third kappa shape index (κ3) is 2.85. The van der Waals surface area contributed by atoms with E-state index in [-0.39, 0.29) is 17.9 Å². The van der Waals surface area contributed by atoms with Crippen LogP contribution in [0.1, 0.15) is 30.6 Å². The molecule has 0 aliphatic carbocycles. The van der Waals surface area contributed by atoms with Crippen LogP contribution in [0.4, 0.5) is 10.1 Å². The van der Waals surface area contributed by atoms with Crippen LogP contribution in [-0.4, -0.2) is 55.7 Å². The van der Waals surface area contributed by atoms with E-state index in [1.54, 1.807) is 11.1 Å². The van der Waals surface area contributed by atoms with Crippen molar-refractivity contribution in [1.82, 2.24) is 30.1 Å². The van der Waals surface area contributed by atoms with Crippen LogP contribution < -0.4 is 11.2 Å². The van der Waals surface area contributed by atoms with Crippen molar-refractivity contribution < 1.29 is 4.39 Å². The Morgan fingerprint density at radius 1 is 1.29 bits per heavy atom. The van der Waals surface area contributed by atoms with Crippen molar-refractivity contribution in [3.63, 3.8) is 0 Å². The zero-order valence-corrected chi connectivity index (χ0v) is 15.6. The minimum absolute atomic E-state index is 0.106. The molecule has 28 heavy (non-hydrogen) atoms. The number of aliphatic imine (C=N–C) groups is 2. The maximum Gasteiger partial charge on any atom is 0.217 e. The molecule has 0 spiro atoms. The normalized spacial score (nSPS) is 21.1. The molecule has 3 aliphatic rings. The summed E-state index contributed by atoms with van der Waals surface area (Å²) in [5.74, 6) is 2.71. The molecule has 5 rings (SSSR count). The third-order valence-corrected chi connectivity index (χ3v) is 5.38. The highest BCUT2D eigenvalue weighted by molar-refractivity contribution is 6.14. The SMILES string of the molecule is CCc1nnc2n1CCN(CCC1N=C3c4ccc(F)cc4N=C(N)N3N1)C2. The predicted molar refractivity (Wildman–Crippen MR) is 102 cm³/mol. The van der Waals surface area contributed by atoms with Crippen molar-refractivity contribution in [3.8, 4) is 0 Å². The number of rotatable bonds is 4. The third-order valence-electron chi connectivity index (χ3n) is 5.38. The Balaban J connectivity index is 1.27. The van der Waals surface area contributed by atoms with Gasteiger partial charge in [0.1, 0.15) is 23.6 Å². The van der Waals surface area contributed by atoms with E-state index >= 15 is 0 Å². The molecule has 0 fully saturated rings. The number of aryl methyl sites for hydroxylation is 1. The van der Waals surface area contributed by atoms with E-state index in [4.69, 9.17) is 10.7 Å². The number of nitrogens with one attached hydrogen (secondary N) is 1. The summed E-state index contributed by atoms with van der Waals surface area (Å²) in [7, 11) is 0. The summed E-state index contributed by atoms with van der Waals surface area (Å²) >= 11 is 0. The first-order valence-corrected chi connectivity index (χ1v) is 9.54. The lowest BCUT2D eigenvalue weighted by atomic mass is 10.1. The highest BCUT2D eigenvalue weighted by atomic mass is 19.1. The molecule has 0 saturated heterocycles. The minimum atomic E-state index is -0.337. The highest BCUT2D eigenvalue weighted by Gasteiger charge is 2.33. The number of amidine groups is 1. The molecule has 1 aromatic heterocycles. The van der Waals surface area contributed by atoms with Crippen molar-refractivity contribution in [1.29, 1.82) is 0 Å². The Hall–Kier alpha value is -2.85. The fraction of sp³-hybridized carbons (Fsp3) is 0.444. The van der Waals surface area contributed by atoms with E-state index in [1.165, 1.54) is 12.1 Å². The maximum absolute atomic E-state index is 13.5. The molecule has 2 aromatic rings. The summed E-state index contributed by atoms with van der Waals surface area (Å²) in [6.07, 6.45) is 1.62. The van der Waals surface area contributed by atoms with Crippen LogP contribution in [0.25, 0.3) is 0 Å². The number of halogens is 1. The van der Waals surface area contributed by atoms with E-state index in [2.05, 4.69) is 37.0 Å². The lowest BCUT2D eigenvalue weighted by Gasteiger charge is -2.28. The van der Waals surface area contributed by atoms with Gasteiger partial charge in [0.25, 0.3) is 0 Å². The van der Waals surface area contributed by atoms with Gasteiger partial charge < -0.3 is 10.3 Å². The number of hydrazine groups is 1. The first kappa shape index (κ1) is 17.3. The van der Waals surface area contributed by atoms with Gasteiger partial charge in [-0.05, 0) is 18.6 Å². The number of guanidine groups is 1. The van der Waals surface area contributed by atoms with Gasteiger partial charge in [-0.1, -0.05) is 6.92 Å². The van der Waals surface area contributed by atoms with Gasteiger partial charge in [-0.15, -0.1) is 10.2 Å². The number of hydrogen-bond donors (Lipinski definition) is 2. The standard InChI is InChI=1S/C18H22FN9/c1-2-15-23-24-16-10-26(7-8-27(15)16)6-5-14-22-17-12-4-3-11(19)9-13(12)21-18(20)28(17)25-14/h3-4,9,14,25H,2,5-8,10H2,1H3,(H2,20,21). The van der Waals surface area contributed by atoms with Crippen molar-refractivity contribution in [2.75, 3.05) is 13.1 Å². The zero-order valence-electron chi connectivity index (χ0n) is 15.6. The van der Waals surface area contributed by atoms with Gasteiger partial charge in [-0.2, -0.15) is 0 Å². The number of fused-ring (bicyclic) bond motifs is 4. The smallest absolute Gasteiger partial charge is 0.217 e. The van der Waals surface area contributed by atoms with Crippen LogP contribution in [0, 0.1) is 5.82 Å². The fourth-order valence-corrected chi connectivity index (χ4v) is 3.92. The van der Waals surface area contributed by atoms with Crippen LogP contribution >= 0.6 is 0 Å². The first-order chi connectivity index (χ1) is 13.6. The second kappa shape index (κ2) is 6.64. The van der Waals surface area contributed by atoms with Gasteiger partial charge >= 0.3 is 0 Å². The number of hydrogen-bond acceptors (Lipinski definition) is 8. The summed E-state index contributed by atoms with van der Waals surface area (Å²) in [6.45, 7) is 5.67. The van der Waals surface area contributed by atoms with Gasteiger partial charge in [0.05, 0.1) is 12.2 Å². The van der Waals surface area contributed by atoms with Crippen molar-refractivity contribution >= 4 is 17.5 Å². The molecule has 3 N–H and O–H groups in total. The van der Waals surface area contributed by atoms with E-state index in [9.17, 15) is 4.39 Å².